The SMILES string of the molecule is O=C(c1ccccc1)C(SCc1ccc(CP(=O)(OF)OF)c(Br)c1)c1ccccc1. The molecule has 0 aliphatic heterocycles. The summed E-state index contributed by atoms with van der Waals surface area (Å²) >= 11 is 4.80. The van der Waals surface area contributed by atoms with Gasteiger partial charge in [-0.2, -0.15) is 0 Å². The third kappa shape index (κ3) is 6.34. The Morgan fingerprint density at radius 1 is 0.968 bits per heavy atom. The number of hydrogen-bond acceptors (Lipinski definition) is 5. The molecule has 3 aromatic carbocycles. The van der Waals surface area contributed by atoms with Crippen molar-refractivity contribution in [2.75, 3.05) is 0 Å². The lowest BCUT2D eigenvalue weighted by Gasteiger charge is -2.17. The first-order valence-electron chi connectivity index (χ1n) is 9.18. The van der Waals surface area contributed by atoms with Crippen molar-refractivity contribution in [1.82, 2.24) is 0 Å². The average molecular weight is 527 g/mol. The first-order valence-corrected chi connectivity index (χ1v) is 12.8. The van der Waals surface area contributed by atoms with Crippen LogP contribution >= 0.6 is 35.3 Å². The predicted octanol–water partition coefficient (Wildman–Crippen LogP) is 7.80. The van der Waals surface area contributed by atoms with E-state index in [1.807, 2.05) is 48.5 Å². The van der Waals surface area contributed by atoms with E-state index in [0.29, 0.717) is 21.4 Å². The minimum absolute atomic E-state index is 0.00798. The number of benzene rings is 3. The smallest absolute Gasteiger partial charge is 0.293 e. The molecule has 0 spiro atoms. The van der Waals surface area contributed by atoms with E-state index >= 15 is 0 Å². The van der Waals surface area contributed by atoms with Crippen LogP contribution in [0.15, 0.2) is 83.3 Å². The number of halogens is 3. The summed E-state index contributed by atoms with van der Waals surface area (Å²) in [6.45, 7) is 0. The van der Waals surface area contributed by atoms with E-state index in [-0.39, 0.29) is 5.78 Å². The zero-order valence-electron chi connectivity index (χ0n) is 16.1. The van der Waals surface area contributed by atoms with Gasteiger partial charge in [-0.1, -0.05) is 88.7 Å². The molecule has 0 N–H and O–H groups in total. The zero-order valence-corrected chi connectivity index (χ0v) is 19.4. The second kappa shape index (κ2) is 11.2. The summed E-state index contributed by atoms with van der Waals surface area (Å²) in [7, 11) is -4.48. The van der Waals surface area contributed by atoms with Gasteiger partial charge >= 0.3 is 7.60 Å². The van der Waals surface area contributed by atoms with Crippen LogP contribution in [0.4, 0.5) is 9.05 Å². The Morgan fingerprint density at radius 3 is 2.16 bits per heavy atom. The molecule has 0 heterocycles. The molecule has 3 rings (SSSR count). The van der Waals surface area contributed by atoms with Crippen LogP contribution in [-0.2, 0) is 25.9 Å². The standard InChI is InChI=1S/C22H18BrF2O4PS/c23-20-13-16(11-12-19(20)14-30(27,28-24)29-25)15-31-22(18-9-5-2-6-10-18)21(26)17-7-3-1-4-8-17/h1-13,22H,14-15H2. The molecule has 0 fully saturated rings. The topological polar surface area (TPSA) is 52.6 Å². The summed E-state index contributed by atoms with van der Waals surface area (Å²) in [5, 5.41) is -0.401. The number of carbonyl (C=O) groups excluding carboxylic acids is 1. The molecule has 0 saturated carbocycles. The molecule has 0 aromatic heterocycles. The highest BCUT2D eigenvalue weighted by atomic mass is 79.9. The summed E-state index contributed by atoms with van der Waals surface area (Å²) in [4.78, 5) is 13.2. The summed E-state index contributed by atoms with van der Waals surface area (Å²) in [5.41, 5.74) is 2.78. The lowest BCUT2D eigenvalue weighted by Crippen LogP contribution is -2.10. The largest absolute Gasteiger partial charge is 0.399 e. The number of Topliss-reactive ketones (excluding diaryl/α,β-unsaturated/α-hetero) is 1. The molecule has 0 saturated heterocycles. The van der Waals surface area contributed by atoms with Crippen molar-refractivity contribution in [1.29, 1.82) is 0 Å². The van der Waals surface area contributed by atoms with Gasteiger partial charge in [-0.05, 0) is 31.8 Å². The van der Waals surface area contributed by atoms with Gasteiger partial charge in [0.15, 0.2) is 5.78 Å². The van der Waals surface area contributed by atoms with Crippen LogP contribution in [0.5, 0.6) is 0 Å². The average Bonchev–Trinajstić information content (AvgIpc) is 2.82. The van der Waals surface area contributed by atoms with Crippen molar-refractivity contribution in [3.8, 4) is 0 Å². The fourth-order valence-electron chi connectivity index (χ4n) is 2.96. The number of ketones is 1. The van der Waals surface area contributed by atoms with Gasteiger partial charge in [0, 0.05) is 15.8 Å². The van der Waals surface area contributed by atoms with E-state index in [2.05, 4.69) is 25.4 Å². The first kappa shape index (κ1) is 23.8. The Bertz CT molecular complexity index is 1060. The van der Waals surface area contributed by atoms with E-state index in [1.165, 1.54) is 11.8 Å². The molecular weight excluding hydrogens is 509 g/mol. The molecular formula is C22H18BrF2O4PS. The number of rotatable bonds is 10. The van der Waals surface area contributed by atoms with Crippen molar-refractivity contribution < 1.29 is 27.9 Å². The second-order valence-corrected chi connectivity index (χ2v) is 10.4. The van der Waals surface area contributed by atoms with Crippen LogP contribution in [0.25, 0.3) is 0 Å². The Balaban J connectivity index is 1.78. The molecule has 4 nitrogen and oxygen atoms in total. The second-order valence-electron chi connectivity index (χ2n) is 6.66. The maximum atomic E-state index is 13.2. The molecule has 9 heteroatoms. The minimum Gasteiger partial charge on any atom is -0.293 e. The maximum absolute atomic E-state index is 13.2. The Labute approximate surface area is 191 Å². The minimum atomic E-state index is -4.48. The zero-order chi connectivity index (χ0) is 22.3. The van der Waals surface area contributed by atoms with Crippen LogP contribution < -0.4 is 0 Å². The number of thioether (sulfide) groups is 1. The van der Waals surface area contributed by atoms with E-state index in [9.17, 15) is 18.4 Å². The lowest BCUT2D eigenvalue weighted by molar-refractivity contribution is -0.0881. The molecule has 31 heavy (non-hydrogen) atoms. The first-order chi connectivity index (χ1) is 15.0. The Hall–Kier alpha value is -1.83. The summed E-state index contributed by atoms with van der Waals surface area (Å²) in [5.74, 6) is 0.516. The normalized spacial score (nSPS) is 12.5. The van der Waals surface area contributed by atoms with Gasteiger partial charge in [0.2, 0.25) is 0 Å². The van der Waals surface area contributed by atoms with Gasteiger partial charge < -0.3 is 0 Å². The lowest BCUT2D eigenvalue weighted by atomic mass is 10.0. The highest BCUT2D eigenvalue weighted by Gasteiger charge is 2.29. The fourth-order valence-corrected chi connectivity index (χ4v) is 5.73. The highest BCUT2D eigenvalue weighted by molar-refractivity contribution is 9.10. The van der Waals surface area contributed by atoms with Crippen molar-refractivity contribution in [3.05, 3.63) is 106 Å². The van der Waals surface area contributed by atoms with E-state index in [0.717, 1.165) is 11.1 Å². The van der Waals surface area contributed by atoms with Crippen LogP contribution in [0.1, 0.15) is 32.3 Å². The number of hydrogen-bond donors (Lipinski definition) is 0. The Kier molecular flexibility index (Phi) is 8.58. The van der Waals surface area contributed by atoms with Crippen molar-refractivity contribution in [2.24, 2.45) is 0 Å². The molecule has 1 unspecified atom stereocenters. The van der Waals surface area contributed by atoms with Crippen LogP contribution in [0.3, 0.4) is 0 Å². The Morgan fingerprint density at radius 2 is 1.58 bits per heavy atom. The predicted molar refractivity (Wildman–Crippen MR) is 121 cm³/mol. The van der Waals surface area contributed by atoms with Crippen molar-refractivity contribution >= 4 is 41.1 Å². The molecule has 0 radical (unpaired) electrons. The molecule has 0 aliphatic rings. The van der Waals surface area contributed by atoms with E-state index < -0.39 is 19.0 Å². The van der Waals surface area contributed by atoms with Crippen LogP contribution in [0.2, 0.25) is 0 Å². The molecule has 3 aromatic rings. The van der Waals surface area contributed by atoms with Gasteiger partial charge in [-0.3, -0.25) is 9.36 Å². The third-order valence-electron chi connectivity index (χ3n) is 4.51. The molecule has 0 aliphatic carbocycles. The van der Waals surface area contributed by atoms with E-state index in [4.69, 9.17) is 0 Å². The van der Waals surface area contributed by atoms with Gasteiger partial charge in [-0.15, -0.1) is 21.2 Å². The molecule has 0 amide bonds. The summed E-state index contributed by atoms with van der Waals surface area (Å²) in [6, 6.07) is 23.7. The number of carbonyl (C=O) groups is 1. The quantitative estimate of drug-likeness (QED) is 0.199. The van der Waals surface area contributed by atoms with Crippen LogP contribution in [0, 0.1) is 0 Å². The van der Waals surface area contributed by atoms with Gasteiger partial charge in [0.25, 0.3) is 0 Å². The van der Waals surface area contributed by atoms with Crippen molar-refractivity contribution in [2.45, 2.75) is 17.2 Å². The van der Waals surface area contributed by atoms with Crippen LogP contribution in [-0.4, -0.2) is 5.78 Å². The molecule has 0 bridgehead atoms. The van der Waals surface area contributed by atoms with E-state index in [1.54, 1.807) is 30.3 Å². The fraction of sp³-hybridized carbons (Fsp3) is 0.136. The van der Waals surface area contributed by atoms with Crippen molar-refractivity contribution in [3.63, 3.8) is 0 Å². The monoisotopic (exact) mass is 526 g/mol. The molecule has 1 atom stereocenters. The van der Waals surface area contributed by atoms with Gasteiger partial charge in [0.05, 0.1) is 11.4 Å². The third-order valence-corrected chi connectivity index (χ3v) is 7.71. The highest BCUT2D eigenvalue weighted by Crippen LogP contribution is 2.53. The van der Waals surface area contributed by atoms with Gasteiger partial charge in [-0.25, -0.2) is 0 Å². The summed E-state index contributed by atoms with van der Waals surface area (Å²) in [6.07, 6.45) is -0.562. The molecule has 162 valence electrons. The van der Waals surface area contributed by atoms with Gasteiger partial charge in [0.1, 0.15) is 0 Å². The maximum Gasteiger partial charge on any atom is 0.399 e. The summed E-state index contributed by atoms with van der Waals surface area (Å²) < 4.78 is 43.2.